The van der Waals surface area contributed by atoms with Gasteiger partial charge in [-0.05, 0) is 58.2 Å². The van der Waals surface area contributed by atoms with E-state index in [4.69, 9.17) is 18.9 Å². The van der Waals surface area contributed by atoms with E-state index >= 15 is 0 Å². The first-order valence-corrected chi connectivity index (χ1v) is 10.7. The summed E-state index contributed by atoms with van der Waals surface area (Å²) >= 11 is 0. The van der Waals surface area contributed by atoms with Gasteiger partial charge in [0.25, 0.3) is 0 Å². The largest absolute Gasteiger partial charge is 0.461 e. The van der Waals surface area contributed by atoms with Crippen LogP contribution in [0.1, 0.15) is 46.6 Å². The molecule has 4 atom stereocenters. The second kappa shape index (κ2) is 11.4. The molecular formula is C23H34FNO6. The van der Waals surface area contributed by atoms with Crippen molar-refractivity contribution in [2.45, 2.75) is 71.3 Å². The number of benzene rings is 1. The van der Waals surface area contributed by atoms with Gasteiger partial charge in [-0.1, -0.05) is 19.1 Å². The number of amides is 1. The van der Waals surface area contributed by atoms with E-state index in [1.54, 1.807) is 39.8 Å². The maximum atomic E-state index is 13.3. The SMILES string of the molecule is CCCO[C@H]1COC[C@H](NC(=O)OC(C)(C)C)C(=O)O[C@@H](C)[C@@H]1Cc1ccc(F)cc1. The monoisotopic (exact) mass is 439 g/mol. The minimum absolute atomic E-state index is 0.0555. The molecule has 0 unspecified atom stereocenters. The minimum Gasteiger partial charge on any atom is -0.461 e. The Morgan fingerprint density at radius 2 is 1.90 bits per heavy atom. The van der Waals surface area contributed by atoms with E-state index in [-0.39, 0.29) is 31.1 Å². The summed E-state index contributed by atoms with van der Waals surface area (Å²) in [6, 6.07) is 5.23. The maximum Gasteiger partial charge on any atom is 0.408 e. The fourth-order valence-electron chi connectivity index (χ4n) is 3.33. The lowest BCUT2D eigenvalue weighted by Gasteiger charge is -2.30. The Labute approximate surface area is 183 Å². The Morgan fingerprint density at radius 3 is 2.52 bits per heavy atom. The van der Waals surface area contributed by atoms with Gasteiger partial charge in [0.15, 0.2) is 6.04 Å². The fourth-order valence-corrected chi connectivity index (χ4v) is 3.33. The molecule has 7 nitrogen and oxygen atoms in total. The van der Waals surface area contributed by atoms with E-state index in [1.165, 1.54) is 12.1 Å². The van der Waals surface area contributed by atoms with Gasteiger partial charge in [-0.2, -0.15) is 0 Å². The molecule has 174 valence electrons. The van der Waals surface area contributed by atoms with Crippen molar-refractivity contribution in [3.8, 4) is 0 Å². The first kappa shape index (κ1) is 25.1. The smallest absolute Gasteiger partial charge is 0.408 e. The van der Waals surface area contributed by atoms with Crippen molar-refractivity contribution < 1.29 is 32.9 Å². The van der Waals surface area contributed by atoms with E-state index < -0.39 is 29.8 Å². The lowest BCUT2D eigenvalue weighted by atomic mass is 9.89. The van der Waals surface area contributed by atoms with Crippen molar-refractivity contribution in [2.24, 2.45) is 5.92 Å². The highest BCUT2D eigenvalue weighted by atomic mass is 19.1. The van der Waals surface area contributed by atoms with Crippen LogP contribution in [-0.4, -0.2) is 55.7 Å². The number of nitrogens with one attached hydrogen (secondary N) is 1. The van der Waals surface area contributed by atoms with Crippen molar-refractivity contribution in [2.75, 3.05) is 19.8 Å². The van der Waals surface area contributed by atoms with Crippen molar-refractivity contribution in [3.63, 3.8) is 0 Å². The number of ether oxygens (including phenoxy) is 4. The van der Waals surface area contributed by atoms with Gasteiger partial charge in [-0.25, -0.2) is 14.0 Å². The summed E-state index contributed by atoms with van der Waals surface area (Å²) in [4.78, 5) is 24.9. The van der Waals surface area contributed by atoms with Crippen LogP contribution in [0, 0.1) is 11.7 Å². The van der Waals surface area contributed by atoms with E-state index in [1.807, 2.05) is 6.92 Å². The molecule has 1 fully saturated rings. The molecule has 1 aliphatic heterocycles. The summed E-state index contributed by atoms with van der Waals surface area (Å²) in [5.74, 6) is -1.12. The molecule has 1 aliphatic rings. The van der Waals surface area contributed by atoms with Crippen LogP contribution >= 0.6 is 0 Å². The predicted molar refractivity (Wildman–Crippen MR) is 113 cm³/mol. The van der Waals surface area contributed by atoms with Gasteiger partial charge in [0, 0.05) is 12.5 Å². The topological polar surface area (TPSA) is 83.1 Å². The first-order chi connectivity index (χ1) is 14.6. The first-order valence-electron chi connectivity index (χ1n) is 10.7. The van der Waals surface area contributed by atoms with Gasteiger partial charge < -0.3 is 24.3 Å². The van der Waals surface area contributed by atoms with Crippen LogP contribution in [0.3, 0.4) is 0 Å². The van der Waals surface area contributed by atoms with Gasteiger partial charge in [-0.15, -0.1) is 0 Å². The molecule has 0 saturated carbocycles. The number of hydrogen-bond acceptors (Lipinski definition) is 6. The Balaban J connectivity index is 2.15. The average molecular weight is 440 g/mol. The number of hydrogen-bond donors (Lipinski definition) is 1. The third kappa shape index (κ3) is 8.45. The quantitative estimate of drug-likeness (QED) is 0.682. The molecule has 1 aromatic rings. The highest BCUT2D eigenvalue weighted by Crippen LogP contribution is 2.24. The van der Waals surface area contributed by atoms with Crippen LogP contribution in [0.4, 0.5) is 9.18 Å². The van der Waals surface area contributed by atoms with Crippen LogP contribution in [0.2, 0.25) is 0 Å². The standard InChI is InChI=1S/C23H34FNO6/c1-6-11-29-20-14-28-13-19(25-22(27)31-23(3,4)5)21(26)30-15(2)18(20)12-16-7-9-17(24)10-8-16/h7-10,15,18-20H,6,11-14H2,1-5H3,(H,25,27)/t15-,18-,19-,20-/m0/s1. The minimum atomic E-state index is -0.992. The molecular weight excluding hydrogens is 405 g/mol. The highest BCUT2D eigenvalue weighted by Gasteiger charge is 2.35. The van der Waals surface area contributed by atoms with Gasteiger partial charge in [0.2, 0.25) is 0 Å². The molecule has 0 aromatic heterocycles. The summed E-state index contributed by atoms with van der Waals surface area (Å²) in [5, 5.41) is 2.53. The lowest BCUT2D eigenvalue weighted by Crippen LogP contribution is -2.47. The van der Waals surface area contributed by atoms with E-state index in [0.29, 0.717) is 13.0 Å². The molecule has 1 N–H and O–H groups in total. The Kier molecular flexibility index (Phi) is 9.25. The number of cyclic esters (lactones) is 1. The molecule has 0 aliphatic carbocycles. The highest BCUT2D eigenvalue weighted by molar-refractivity contribution is 5.81. The van der Waals surface area contributed by atoms with E-state index in [2.05, 4.69) is 5.32 Å². The third-order valence-corrected chi connectivity index (χ3v) is 4.85. The summed E-state index contributed by atoms with van der Waals surface area (Å²) < 4.78 is 36.0. The fraction of sp³-hybridized carbons (Fsp3) is 0.652. The predicted octanol–water partition coefficient (Wildman–Crippen LogP) is 3.63. The van der Waals surface area contributed by atoms with Gasteiger partial charge >= 0.3 is 12.1 Å². The Bertz CT molecular complexity index is 718. The molecule has 1 amide bonds. The van der Waals surface area contributed by atoms with E-state index in [9.17, 15) is 14.0 Å². The zero-order valence-electron chi connectivity index (χ0n) is 19.0. The number of halogens is 1. The normalized spacial score (nSPS) is 25.0. The molecule has 0 spiro atoms. The zero-order chi connectivity index (χ0) is 23.0. The van der Waals surface area contributed by atoms with Crippen LogP contribution < -0.4 is 5.32 Å². The molecule has 31 heavy (non-hydrogen) atoms. The van der Waals surface area contributed by atoms with Crippen molar-refractivity contribution in [1.29, 1.82) is 0 Å². The second-order valence-electron chi connectivity index (χ2n) is 8.78. The number of carbonyl (C=O) groups excluding carboxylic acids is 2. The Morgan fingerprint density at radius 1 is 1.23 bits per heavy atom. The molecule has 1 heterocycles. The molecule has 0 radical (unpaired) electrons. The second-order valence-corrected chi connectivity index (χ2v) is 8.78. The van der Waals surface area contributed by atoms with Gasteiger partial charge in [0.1, 0.15) is 17.5 Å². The van der Waals surface area contributed by atoms with Crippen molar-refractivity contribution >= 4 is 12.1 Å². The maximum absolute atomic E-state index is 13.3. The van der Waals surface area contributed by atoms with Crippen LogP contribution in [0.5, 0.6) is 0 Å². The van der Waals surface area contributed by atoms with Crippen molar-refractivity contribution in [1.82, 2.24) is 5.32 Å². The summed E-state index contributed by atoms with van der Waals surface area (Å²) in [5.41, 5.74) is 0.210. The summed E-state index contributed by atoms with van der Waals surface area (Å²) in [7, 11) is 0. The van der Waals surface area contributed by atoms with Crippen molar-refractivity contribution in [3.05, 3.63) is 35.6 Å². The van der Waals surface area contributed by atoms with Gasteiger partial charge in [-0.3, -0.25) is 0 Å². The molecule has 8 heteroatoms. The molecule has 1 saturated heterocycles. The van der Waals surface area contributed by atoms with Gasteiger partial charge in [0.05, 0.1) is 19.3 Å². The summed E-state index contributed by atoms with van der Waals surface area (Å²) in [6.07, 6.45) is -0.198. The van der Waals surface area contributed by atoms with Crippen LogP contribution in [0.25, 0.3) is 0 Å². The van der Waals surface area contributed by atoms with E-state index in [0.717, 1.165) is 12.0 Å². The number of esters is 1. The molecule has 0 bridgehead atoms. The lowest BCUT2D eigenvalue weighted by molar-refractivity contribution is -0.155. The Hall–Kier alpha value is -2.19. The zero-order valence-corrected chi connectivity index (χ0v) is 19.0. The number of alkyl carbamates (subject to hydrolysis) is 1. The summed E-state index contributed by atoms with van der Waals surface area (Å²) in [6.45, 7) is 9.74. The van der Waals surface area contributed by atoms with Crippen LogP contribution in [0.15, 0.2) is 24.3 Å². The number of carbonyl (C=O) groups is 2. The van der Waals surface area contributed by atoms with Crippen LogP contribution in [-0.2, 0) is 30.2 Å². The third-order valence-electron chi connectivity index (χ3n) is 4.85. The average Bonchev–Trinajstić information content (AvgIpc) is 2.72. The molecule has 2 rings (SSSR count). The number of rotatable bonds is 6. The molecule has 1 aromatic carbocycles.